The van der Waals surface area contributed by atoms with Gasteiger partial charge < -0.3 is 15.5 Å². The minimum Gasteiger partial charge on any atom is -0.357 e. The maximum atomic E-state index is 4.97. The van der Waals surface area contributed by atoms with E-state index in [1.54, 1.807) is 0 Å². The van der Waals surface area contributed by atoms with Crippen molar-refractivity contribution >= 4 is 29.9 Å². The van der Waals surface area contributed by atoms with Crippen molar-refractivity contribution < 1.29 is 0 Å². The normalized spacial score (nSPS) is 20.3. The largest absolute Gasteiger partial charge is 0.357 e. The van der Waals surface area contributed by atoms with Gasteiger partial charge in [0.15, 0.2) is 5.96 Å². The standard InChI is InChI=1S/C23H39N5.HI/c1-3-24-23(25-14-11-20-12-17-27(2)18-13-20)26-19-22(28-15-7-8-16-28)21-9-5-4-6-10-21;/h4-6,9-10,20,22H,3,7-8,11-19H2,1-2H3,(H2,24,25,26);1H. The van der Waals surface area contributed by atoms with E-state index in [1.807, 2.05) is 0 Å². The summed E-state index contributed by atoms with van der Waals surface area (Å²) in [4.78, 5) is 10.0. The summed E-state index contributed by atoms with van der Waals surface area (Å²) < 4.78 is 0. The number of nitrogens with zero attached hydrogens (tertiary/aromatic N) is 3. The third-order valence-electron chi connectivity index (χ3n) is 6.22. The molecule has 0 spiro atoms. The van der Waals surface area contributed by atoms with Crippen molar-refractivity contribution in [3.05, 3.63) is 35.9 Å². The molecule has 2 saturated heterocycles. The summed E-state index contributed by atoms with van der Waals surface area (Å²) in [6.07, 6.45) is 6.52. The van der Waals surface area contributed by atoms with Crippen LogP contribution in [0.3, 0.4) is 0 Å². The third-order valence-corrected chi connectivity index (χ3v) is 6.22. The van der Waals surface area contributed by atoms with Gasteiger partial charge in [0.25, 0.3) is 0 Å². The van der Waals surface area contributed by atoms with E-state index >= 15 is 0 Å². The van der Waals surface area contributed by atoms with Crippen LogP contribution in [0, 0.1) is 5.92 Å². The molecule has 2 aliphatic rings. The summed E-state index contributed by atoms with van der Waals surface area (Å²) in [5.41, 5.74) is 1.38. The highest BCUT2D eigenvalue weighted by atomic mass is 127. The Morgan fingerprint density at radius 1 is 1.07 bits per heavy atom. The van der Waals surface area contributed by atoms with Crippen LogP contribution in [0.25, 0.3) is 0 Å². The van der Waals surface area contributed by atoms with Gasteiger partial charge in [-0.3, -0.25) is 9.89 Å². The molecule has 29 heavy (non-hydrogen) atoms. The van der Waals surface area contributed by atoms with Crippen LogP contribution in [0.4, 0.5) is 0 Å². The van der Waals surface area contributed by atoms with Crippen LogP contribution in [0.1, 0.15) is 50.6 Å². The van der Waals surface area contributed by atoms with Crippen LogP contribution in [-0.4, -0.2) is 68.6 Å². The van der Waals surface area contributed by atoms with Crippen LogP contribution in [0.5, 0.6) is 0 Å². The van der Waals surface area contributed by atoms with E-state index in [4.69, 9.17) is 4.99 Å². The van der Waals surface area contributed by atoms with Crippen LogP contribution in [-0.2, 0) is 0 Å². The second kappa shape index (κ2) is 13.4. The smallest absolute Gasteiger partial charge is 0.191 e. The molecule has 1 atom stereocenters. The zero-order chi connectivity index (χ0) is 19.6. The van der Waals surface area contributed by atoms with Crippen molar-refractivity contribution in [2.45, 2.75) is 45.1 Å². The number of likely N-dealkylation sites (tertiary alicyclic amines) is 2. The molecule has 1 aromatic carbocycles. The van der Waals surface area contributed by atoms with E-state index in [-0.39, 0.29) is 24.0 Å². The molecule has 2 aliphatic heterocycles. The van der Waals surface area contributed by atoms with Crippen molar-refractivity contribution in [2.75, 3.05) is 52.9 Å². The molecule has 1 unspecified atom stereocenters. The van der Waals surface area contributed by atoms with Crippen molar-refractivity contribution in [3.8, 4) is 0 Å². The Morgan fingerprint density at radius 3 is 2.41 bits per heavy atom. The maximum Gasteiger partial charge on any atom is 0.191 e. The Kier molecular flexibility index (Phi) is 11.3. The van der Waals surface area contributed by atoms with Crippen LogP contribution in [0.15, 0.2) is 35.3 Å². The van der Waals surface area contributed by atoms with Gasteiger partial charge in [-0.25, -0.2) is 0 Å². The fourth-order valence-corrected chi connectivity index (χ4v) is 4.43. The van der Waals surface area contributed by atoms with E-state index in [9.17, 15) is 0 Å². The van der Waals surface area contributed by atoms with Crippen LogP contribution >= 0.6 is 24.0 Å². The number of aliphatic imine (C=N–C) groups is 1. The Morgan fingerprint density at radius 2 is 1.76 bits per heavy atom. The molecule has 0 aliphatic carbocycles. The lowest BCUT2D eigenvalue weighted by Gasteiger charge is -2.29. The molecule has 0 saturated carbocycles. The predicted octanol–water partition coefficient (Wildman–Crippen LogP) is 3.73. The number of nitrogens with one attached hydrogen (secondary N) is 2. The number of piperidine rings is 1. The van der Waals surface area contributed by atoms with E-state index in [2.05, 4.69) is 64.7 Å². The lowest BCUT2D eigenvalue weighted by Crippen LogP contribution is -2.40. The summed E-state index contributed by atoms with van der Waals surface area (Å²) >= 11 is 0. The topological polar surface area (TPSA) is 42.9 Å². The highest BCUT2D eigenvalue weighted by Gasteiger charge is 2.23. The Bertz CT molecular complexity index is 580. The van der Waals surface area contributed by atoms with E-state index < -0.39 is 0 Å². The summed E-state index contributed by atoms with van der Waals surface area (Å²) in [6, 6.07) is 11.3. The molecule has 0 aromatic heterocycles. The molecule has 6 heteroatoms. The minimum atomic E-state index is 0. The molecular formula is C23H40IN5. The number of benzene rings is 1. The maximum absolute atomic E-state index is 4.97. The van der Waals surface area contributed by atoms with Gasteiger partial charge in [0.2, 0.25) is 0 Å². The number of rotatable bonds is 8. The Hall–Kier alpha value is -0.860. The van der Waals surface area contributed by atoms with Gasteiger partial charge in [-0.15, -0.1) is 24.0 Å². The highest BCUT2D eigenvalue weighted by molar-refractivity contribution is 14.0. The molecule has 3 rings (SSSR count). The van der Waals surface area contributed by atoms with E-state index in [1.165, 1.54) is 63.8 Å². The third kappa shape index (κ3) is 8.06. The minimum absolute atomic E-state index is 0. The summed E-state index contributed by atoms with van der Waals surface area (Å²) in [5.74, 6) is 1.82. The molecule has 2 heterocycles. The SMILES string of the molecule is CCNC(=NCC(c1ccccc1)N1CCCC1)NCCC1CCN(C)CC1.I. The first kappa shape index (κ1) is 24.4. The Labute approximate surface area is 194 Å². The number of halogens is 1. The molecule has 0 radical (unpaired) electrons. The average Bonchev–Trinajstić information content (AvgIpc) is 3.25. The lowest BCUT2D eigenvalue weighted by molar-refractivity contribution is 0.213. The van der Waals surface area contributed by atoms with Gasteiger partial charge >= 0.3 is 0 Å². The van der Waals surface area contributed by atoms with Gasteiger partial charge in [-0.1, -0.05) is 30.3 Å². The first-order valence-corrected chi connectivity index (χ1v) is 11.3. The monoisotopic (exact) mass is 513 g/mol. The van der Waals surface area contributed by atoms with Crippen molar-refractivity contribution in [2.24, 2.45) is 10.9 Å². The molecule has 1 aromatic rings. The summed E-state index contributed by atoms with van der Waals surface area (Å²) in [7, 11) is 2.23. The molecule has 2 N–H and O–H groups in total. The summed E-state index contributed by atoms with van der Waals surface area (Å²) in [6.45, 7) is 9.74. The zero-order valence-corrected chi connectivity index (χ0v) is 20.6. The van der Waals surface area contributed by atoms with Gasteiger partial charge in [0.1, 0.15) is 0 Å². The number of guanidine groups is 1. The second-order valence-corrected chi connectivity index (χ2v) is 8.35. The predicted molar refractivity (Wildman–Crippen MR) is 134 cm³/mol. The first-order valence-electron chi connectivity index (χ1n) is 11.3. The van der Waals surface area contributed by atoms with Gasteiger partial charge in [-0.2, -0.15) is 0 Å². The van der Waals surface area contributed by atoms with Crippen molar-refractivity contribution in [3.63, 3.8) is 0 Å². The first-order chi connectivity index (χ1) is 13.8. The second-order valence-electron chi connectivity index (χ2n) is 8.35. The zero-order valence-electron chi connectivity index (χ0n) is 18.3. The fourth-order valence-electron chi connectivity index (χ4n) is 4.43. The van der Waals surface area contributed by atoms with Crippen molar-refractivity contribution in [1.82, 2.24) is 20.4 Å². The summed E-state index contributed by atoms with van der Waals surface area (Å²) in [5, 5.41) is 7.02. The lowest BCUT2D eigenvalue weighted by atomic mass is 9.94. The van der Waals surface area contributed by atoms with Crippen LogP contribution in [0.2, 0.25) is 0 Å². The highest BCUT2D eigenvalue weighted by Crippen LogP contribution is 2.25. The fraction of sp³-hybridized carbons (Fsp3) is 0.696. The molecule has 0 amide bonds. The number of hydrogen-bond acceptors (Lipinski definition) is 3. The molecular weight excluding hydrogens is 473 g/mol. The molecule has 0 bridgehead atoms. The molecule has 164 valence electrons. The molecule has 5 nitrogen and oxygen atoms in total. The number of hydrogen-bond donors (Lipinski definition) is 2. The van der Waals surface area contributed by atoms with Gasteiger partial charge in [0.05, 0.1) is 12.6 Å². The van der Waals surface area contributed by atoms with Crippen LogP contribution < -0.4 is 10.6 Å². The van der Waals surface area contributed by atoms with E-state index in [0.29, 0.717) is 6.04 Å². The quantitative estimate of drug-likeness (QED) is 0.316. The Balaban J connectivity index is 0.00000300. The average molecular weight is 514 g/mol. The van der Waals surface area contributed by atoms with Gasteiger partial charge in [0, 0.05) is 13.1 Å². The van der Waals surface area contributed by atoms with Gasteiger partial charge in [-0.05, 0) is 83.7 Å². The molecule has 2 fully saturated rings. The van der Waals surface area contributed by atoms with E-state index in [0.717, 1.165) is 31.5 Å². The van der Waals surface area contributed by atoms with Crippen molar-refractivity contribution in [1.29, 1.82) is 0 Å².